The van der Waals surface area contributed by atoms with E-state index in [0.717, 1.165) is 5.56 Å². The lowest BCUT2D eigenvalue weighted by Gasteiger charge is -2.10. The summed E-state index contributed by atoms with van der Waals surface area (Å²) >= 11 is 12.2. The summed E-state index contributed by atoms with van der Waals surface area (Å²) in [5.74, 6) is 0.667. The molecule has 6 nitrogen and oxygen atoms in total. The monoisotopic (exact) mass is 472 g/mol. The Hall–Kier alpha value is -2.83. The van der Waals surface area contributed by atoms with Crippen molar-refractivity contribution in [2.75, 3.05) is 11.9 Å². The Morgan fingerprint density at radius 3 is 2.38 bits per heavy atom. The van der Waals surface area contributed by atoms with Gasteiger partial charge in [0.1, 0.15) is 5.82 Å². The van der Waals surface area contributed by atoms with E-state index in [4.69, 9.17) is 23.2 Å². The lowest BCUT2D eigenvalue weighted by molar-refractivity contribution is -0.121. The maximum atomic E-state index is 12.6. The van der Waals surface area contributed by atoms with Crippen LogP contribution in [0.4, 0.5) is 5.82 Å². The molecule has 0 aliphatic carbocycles. The van der Waals surface area contributed by atoms with Gasteiger partial charge in [-0.25, -0.2) is 4.68 Å². The number of hydrogen-bond acceptors (Lipinski definition) is 3. The van der Waals surface area contributed by atoms with E-state index in [1.807, 2.05) is 50.2 Å². The van der Waals surface area contributed by atoms with Crippen LogP contribution >= 0.6 is 23.2 Å². The van der Waals surface area contributed by atoms with Gasteiger partial charge in [-0.05, 0) is 30.5 Å². The lowest BCUT2D eigenvalue weighted by atomic mass is 10.1. The van der Waals surface area contributed by atoms with Crippen molar-refractivity contribution in [3.05, 3.63) is 64.6 Å². The van der Waals surface area contributed by atoms with Crippen molar-refractivity contribution in [2.24, 2.45) is 5.92 Å². The smallest absolute Gasteiger partial charge is 0.225 e. The average molecular weight is 473 g/mol. The van der Waals surface area contributed by atoms with Crippen LogP contribution in [0.5, 0.6) is 0 Å². The number of rotatable bonds is 9. The number of carbonyl (C=O) groups excluding carboxylic acids is 2. The normalized spacial score (nSPS) is 10.9. The second kappa shape index (κ2) is 11.2. The van der Waals surface area contributed by atoms with E-state index in [2.05, 4.69) is 15.7 Å². The molecule has 2 aromatic carbocycles. The van der Waals surface area contributed by atoms with E-state index in [0.29, 0.717) is 52.5 Å². The minimum Gasteiger partial charge on any atom is -0.356 e. The van der Waals surface area contributed by atoms with Gasteiger partial charge in [0.15, 0.2) is 0 Å². The van der Waals surface area contributed by atoms with Crippen LogP contribution in [-0.4, -0.2) is 28.1 Å². The fraction of sp³-hybridized carbons (Fsp3) is 0.292. The first kappa shape index (κ1) is 23.8. The summed E-state index contributed by atoms with van der Waals surface area (Å²) in [4.78, 5) is 24.4. The summed E-state index contributed by atoms with van der Waals surface area (Å²) in [5, 5.41) is 11.3. The van der Waals surface area contributed by atoms with Crippen molar-refractivity contribution < 1.29 is 9.59 Å². The molecule has 3 rings (SSSR count). The molecule has 32 heavy (non-hydrogen) atoms. The van der Waals surface area contributed by atoms with Crippen molar-refractivity contribution >= 4 is 40.8 Å². The van der Waals surface area contributed by atoms with Crippen molar-refractivity contribution in [1.82, 2.24) is 15.1 Å². The third-order valence-electron chi connectivity index (χ3n) is 4.71. The Bertz CT molecular complexity index is 1080. The molecule has 2 amide bonds. The molecule has 0 bridgehead atoms. The quantitative estimate of drug-likeness (QED) is 0.417. The zero-order valence-corrected chi connectivity index (χ0v) is 19.6. The van der Waals surface area contributed by atoms with Crippen LogP contribution in [0.2, 0.25) is 10.0 Å². The number of amides is 2. The number of nitrogens with zero attached hydrogens (tertiary/aromatic N) is 2. The molecule has 0 unspecified atom stereocenters. The Morgan fingerprint density at radius 1 is 0.969 bits per heavy atom. The first-order chi connectivity index (χ1) is 15.3. The summed E-state index contributed by atoms with van der Waals surface area (Å²) < 4.78 is 1.62. The van der Waals surface area contributed by atoms with E-state index in [1.54, 1.807) is 22.9 Å². The third-order valence-corrected chi connectivity index (χ3v) is 5.45. The molecule has 8 heteroatoms. The van der Waals surface area contributed by atoms with Gasteiger partial charge in [-0.15, -0.1) is 0 Å². The molecule has 3 aromatic rings. The highest BCUT2D eigenvalue weighted by Crippen LogP contribution is 2.29. The van der Waals surface area contributed by atoms with E-state index < -0.39 is 0 Å². The Morgan fingerprint density at radius 2 is 1.69 bits per heavy atom. The maximum absolute atomic E-state index is 12.6. The predicted molar refractivity (Wildman–Crippen MR) is 129 cm³/mol. The molecule has 0 fully saturated rings. The van der Waals surface area contributed by atoms with Gasteiger partial charge in [0.25, 0.3) is 0 Å². The van der Waals surface area contributed by atoms with Gasteiger partial charge >= 0.3 is 0 Å². The van der Waals surface area contributed by atoms with Gasteiger partial charge < -0.3 is 10.6 Å². The van der Waals surface area contributed by atoms with E-state index in [1.165, 1.54) is 0 Å². The Kier molecular flexibility index (Phi) is 8.31. The molecule has 0 atom stereocenters. The number of nitrogens with one attached hydrogen (secondary N) is 2. The van der Waals surface area contributed by atoms with Crippen molar-refractivity contribution in [3.63, 3.8) is 0 Å². The highest BCUT2D eigenvalue weighted by atomic mass is 35.5. The molecule has 0 radical (unpaired) electrons. The molecule has 2 N–H and O–H groups in total. The summed E-state index contributed by atoms with van der Waals surface area (Å²) in [7, 11) is 0. The van der Waals surface area contributed by atoms with Crippen LogP contribution in [0.15, 0.2) is 54.6 Å². The van der Waals surface area contributed by atoms with Gasteiger partial charge in [-0.2, -0.15) is 5.10 Å². The molecule has 1 aromatic heterocycles. The molecule has 168 valence electrons. The SMILES string of the molecule is CC(C)CNC(=O)CCCC(=O)Nc1cc(-c2ccccc2)nn1-c1ccc(Cl)c(Cl)c1. The molecule has 0 aliphatic rings. The molecule has 0 spiro atoms. The van der Waals surface area contributed by atoms with Gasteiger partial charge in [0, 0.05) is 31.0 Å². The largest absolute Gasteiger partial charge is 0.356 e. The zero-order chi connectivity index (χ0) is 23.1. The van der Waals surface area contributed by atoms with E-state index in [9.17, 15) is 9.59 Å². The second-order valence-corrected chi connectivity index (χ2v) is 8.71. The fourth-order valence-corrected chi connectivity index (χ4v) is 3.35. The van der Waals surface area contributed by atoms with Crippen LogP contribution in [0.1, 0.15) is 33.1 Å². The zero-order valence-electron chi connectivity index (χ0n) is 18.1. The standard InChI is InChI=1S/C24H26Cl2N4O2/c1-16(2)15-27-23(31)9-6-10-24(32)28-22-14-21(17-7-4-3-5-8-17)29-30(22)18-11-12-19(25)20(26)13-18/h3-5,7-8,11-14,16H,6,9-10,15H2,1-2H3,(H,27,31)(H,28,32). The first-order valence-electron chi connectivity index (χ1n) is 10.5. The van der Waals surface area contributed by atoms with Crippen molar-refractivity contribution in [3.8, 4) is 16.9 Å². The van der Waals surface area contributed by atoms with Gasteiger partial charge in [-0.1, -0.05) is 67.4 Å². The minimum atomic E-state index is -0.192. The van der Waals surface area contributed by atoms with Gasteiger partial charge in [0.2, 0.25) is 11.8 Å². The van der Waals surface area contributed by atoms with Crippen molar-refractivity contribution in [2.45, 2.75) is 33.1 Å². The van der Waals surface area contributed by atoms with Gasteiger partial charge in [-0.3, -0.25) is 9.59 Å². The molecular weight excluding hydrogens is 447 g/mol. The number of benzene rings is 2. The maximum Gasteiger partial charge on any atom is 0.225 e. The Balaban J connectivity index is 1.74. The molecule has 0 saturated carbocycles. The summed E-state index contributed by atoms with van der Waals surface area (Å²) in [6.07, 6.45) is 0.992. The van der Waals surface area contributed by atoms with Gasteiger partial charge in [0.05, 0.1) is 21.4 Å². The lowest BCUT2D eigenvalue weighted by Crippen LogP contribution is -2.27. The van der Waals surface area contributed by atoms with Crippen LogP contribution in [-0.2, 0) is 9.59 Å². The third kappa shape index (κ3) is 6.58. The number of hydrogen-bond donors (Lipinski definition) is 2. The molecule has 1 heterocycles. The Labute approximate surface area is 197 Å². The van der Waals surface area contributed by atoms with Crippen LogP contribution in [0.25, 0.3) is 16.9 Å². The summed E-state index contributed by atoms with van der Waals surface area (Å²) in [5.41, 5.74) is 2.30. The summed E-state index contributed by atoms with van der Waals surface area (Å²) in [6, 6.07) is 16.7. The van der Waals surface area contributed by atoms with Crippen LogP contribution in [0, 0.1) is 5.92 Å². The topological polar surface area (TPSA) is 76.0 Å². The van der Waals surface area contributed by atoms with E-state index >= 15 is 0 Å². The highest BCUT2D eigenvalue weighted by molar-refractivity contribution is 6.42. The number of carbonyl (C=O) groups is 2. The molecule has 0 saturated heterocycles. The van der Waals surface area contributed by atoms with Crippen LogP contribution in [0.3, 0.4) is 0 Å². The number of halogens is 2. The average Bonchev–Trinajstić information content (AvgIpc) is 3.18. The number of aromatic nitrogens is 2. The molecule has 0 aliphatic heterocycles. The highest BCUT2D eigenvalue weighted by Gasteiger charge is 2.15. The van der Waals surface area contributed by atoms with Crippen LogP contribution < -0.4 is 10.6 Å². The first-order valence-corrected chi connectivity index (χ1v) is 11.3. The second-order valence-electron chi connectivity index (χ2n) is 7.89. The predicted octanol–water partition coefficient (Wildman–Crippen LogP) is 5.73. The van der Waals surface area contributed by atoms with Crippen molar-refractivity contribution in [1.29, 1.82) is 0 Å². The summed E-state index contributed by atoms with van der Waals surface area (Å²) in [6.45, 7) is 4.71. The molecular formula is C24H26Cl2N4O2. The fourth-order valence-electron chi connectivity index (χ4n) is 3.05. The number of anilines is 1. The van der Waals surface area contributed by atoms with E-state index in [-0.39, 0.29) is 18.2 Å². The minimum absolute atomic E-state index is 0.0429.